The maximum absolute atomic E-state index is 11.0. The van der Waals surface area contributed by atoms with Gasteiger partial charge in [-0.3, -0.25) is 9.48 Å². The van der Waals surface area contributed by atoms with Crippen molar-refractivity contribution in [2.24, 2.45) is 7.05 Å². The van der Waals surface area contributed by atoms with Gasteiger partial charge in [0.1, 0.15) is 11.2 Å². The maximum atomic E-state index is 11.0. The van der Waals surface area contributed by atoms with Crippen molar-refractivity contribution in [1.29, 1.82) is 0 Å². The quantitative estimate of drug-likeness (QED) is 0.816. The van der Waals surface area contributed by atoms with Crippen molar-refractivity contribution in [2.45, 2.75) is 39.3 Å². The molecule has 1 aromatic rings. The Labute approximate surface area is 106 Å². The lowest BCUT2D eigenvalue weighted by molar-refractivity contribution is -0.139. The molecule has 0 bridgehead atoms. The first-order valence-corrected chi connectivity index (χ1v) is 5.99. The topological polar surface area (TPSA) is 67.2 Å². The number of nitrogens with one attached hydrogen (secondary N) is 1. The van der Waals surface area contributed by atoms with Crippen molar-refractivity contribution >= 4 is 17.6 Å². The molecule has 5 nitrogen and oxygen atoms in total. The zero-order chi connectivity index (χ0) is 13.0. The standard InChI is InChI=1S/C11H18ClN3O2/c1-4-5-9(11(16)17)13-6-8-7(2)14-15(3)10(8)12/h9,13H,4-6H2,1-3H3,(H,16,17). The Morgan fingerprint density at radius 2 is 2.29 bits per heavy atom. The van der Waals surface area contributed by atoms with Crippen LogP contribution in [-0.4, -0.2) is 26.9 Å². The molecule has 1 unspecified atom stereocenters. The Balaban J connectivity index is 2.68. The molecule has 0 spiro atoms. The van der Waals surface area contributed by atoms with Crippen molar-refractivity contribution in [3.05, 3.63) is 16.4 Å². The average Bonchev–Trinajstić information content (AvgIpc) is 2.49. The molecule has 0 saturated heterocycles. The first-order valence-electron chi connectivity index (χ1n) is 5.61. The Bertz CT molecular complexity index is 404. The van der Waals surface area contributed by atoms with Crippen LogP contribution in [0.25, 0.3) is 0 Å². The van der Waals surface area contributed by atoms with E-state index in [1.54, 1.807) is 11.7 Å². The third kappa shape index (κ3) is 3.44. The molecule has 1 rings (SSSR count). The van der Waals surface area contributed by atoms with Crippen molar-refractivity contribution in [2.75, 3.05) is 0 Å². The number of aryl methyl sites for hydroxylation is 2. The van der Waals surface area contributed by atoms with Gasteiger partial charge in [0.05, 0.1) is 5.69 Å². The van der Waals surface area contributed by atoms with Gasteiger partial charge in [-0.2, -0.15) is 5.10 Å². The third-order valence-electron chi connectivity index (χ3n) is 2.67. The van der Waals surface area contributed by atoms with E-state index >= 15 is 0 Å². The molecule has 0 aliphatic heterocycles. The lowest BCUT2D eigenvalue weighted by Gasteiger charge is -2.13. The van der Waals surface area contributed by atoms with E-state index in [4.69, 9.17) is 16.7 Å². The smallest absolute Gasteiger partial charge is 0.320 e. The largest absolute Gasteiger partial charge is 0.480 e. The molecule has 0 aliphatic carbocycles. The second kappa shape index (κ2) is 6.02. The van der Waals surface area contributed by atoms with E-state index in [0.29, 0.717) is 18.1 Å². The molecular weight excluding hydrogens is 242 g/mol. The van der Waals surface area contributed by atoms with Crippen LogP contribution >= 0.6 is 11.6 Å². The molecule has 1 aromatic heterocycles. The molecule has 0 saturated carbocycles. The predicted octanol–water partition coefficient (Wildman–Crippen LogP) is 1.72. The minimum Gasteiger partial charge on any atom is -0.480 e. The minimum atomic E-state index is -0.829. The average molecular weight is 260 g/mol. The number of aliphatic carboxylic acids is 1. The van der Waals surface area contributed by atoms with Crippen molar-refractivity contribution in [3.8, 4) is 0 Å². The van der Waals surface area contributed by atoms with Crippen LogP contribution in [0.15, 0.2) is 0 Å². The van der Waals surface area contributed by atoms with Crippen molar-refractivity contribution < 1.29 is 9.90 Å². The summed E-state index contributed by atoms with van der Waals surface area (Å²) in [4.78, 5) is 11.0. The second-order valence-electron chi connectivity index (χ2n) is 4.04. The molecule has 1 atom stereocenters. The Hall–Kier alpha value is -1.07. The summed E-state index contributed by atoms with van der Waals surface area (Å²) in [5.41, 5.74) is 1.68. The van der Waals surface area contributed by atoms with Gasteiger partial charge in [0.2, 0.25) is 0 Å². The van der Waals surface area contributed by atoms with Crippen LogP contribution in [0.1, 0.15) is 31.0 Å². The second-order valence-corrected chi connectivity index (χ2v) is 4.40. The van der Waals surface area contributed by atoms with Gasteiger partial charge in [-0.05, 0) is 13.3 Å². The van der Waals surface area contributed by atoms with E-state index in [1.807, 2.05) is 13.8 Å². The van der Waals surface area contributed by atoms with Crippen LogP contribution in [0.3, 0.4) is 0 Å². The van der Waals surface area contributed by atoms with E-state index < -0.39 is 12.0 Å². The molecule has 0 fully saturated rings. The summed E-state index contributed by atoms with van der Waals surface area (Å²) in [6, 6.07) is -0.532. The van der Waals surface area contributed by atoms with E-state index in [9.17, 15) is 4.79 Å². The van der Waals surface area contributed by atoms with Gasteiger partial charge in [0, 0.05) is 19.2 Å². The molecule has 0 aliphatic rings. The molecule has 0 aromatic carbocycles. The van der Waals surface area contributed by atoms with Crippen LogP contribution in [-0.2, 0) is 18.4 Å². The number of hydrogen-bond acceptors (Lipinski definition) is 3. The van der Waals surface area contributed by atoms with Gasteiger partial charge in [0.25, 0.3) is 0 Å². The Morgan fingerprint density at radius 3 is 2.71 bits per heavy atom. The number of hydrogen-bond donors (Lipinski definition) is 2. The first-order chi connectivity index (χ1) is 7.97. The minimum absolute atomic E-state index is 0.426. The summed E-state index contributed by atoms with van der Waals surface area (Å²) in [6.45, 7) is 4.24. The van der Waals surface area contributed by atoms with Gasteiger partial charge in [-0.15, -0.1) is 0 Å². The van der Waals surface area contributed by atoms with Crippen LogP contribution in [0, 0.1) is 6.92 Å². The molecule has 2 N–H and O–H groups in total. The number of carboxylic acids is 1. The Morgan fingerprint density at radius 1 is 1.65 bits per heavy atom. The highest BCUT2D eigenvalue weighted by Crippen LogP contribution is 2.18. The van der Waals surface area contributed by atoms with E-state index in [0.717, 1.165) is 17.7 Å². The summed E-state index contributed by atoms with van der Waals surface area (Å²) < 4.78 is 1.59. The summed E-state index contributed by atoms with van der Waals surface area (Å²) in [6.07, 6.45) is 1.43. The number of nitrogens with zero attached hydrogens (tertiary/aromatic N) is 2. The highest BCUT2D eigenvalue weighted by Gasteiger charge is 2.18. The fourth-order valence-electron chi connectivity index (χ4n) is 1.70. The van der Waals surface area contributed by atoms with Crippen molar-refractivity contribution in [3.63, 3.8) is 0 Å². The van der Waals surface area contributed by atoms with Crippen LogP contribution in [0.2, 0.25) is 5.15 Å². The van der Waals surface area contributed by atoms with Crippen molar-refractivity contribution in [1.82, 2.24) is 15.1 Å². The normalized spacial score (nSPS) is 12.7. The number of rotatable bonds is 6. The molecular formula is C11H18ClN3O2. The number of aromatic nitrogens is 2. The SMILES string of the molecule is CCCC(NCc1c(C)nn(C)c1Cl)C(=O)O. The van der Waals surface area contributed by atoms with Crippen LogP contribution in [0.4, 0.5) is 0 Å². The van der Waals surface area contributed by atoms with E-state index in [-0.39, 0.29) is 0 Å². The fraction of sp³-hybridized carbons (Fsp3) is 0.636. The number of carbonyl (C=O) groups is 1. The van der Waals surface area contributed by atoms with E-state index in [2.05, 4.69) is 10.4 Å². The summed E-state index contributed by atoms with van der Waals surface area (Å²) in [5, 5.41) is 16.7. The third-order valence-corrected chi connectivity index (χ3v) is 3.14. The van der Waals surface area contributed by atoms with Gasteiger partial charge in [-0.1, -0.05) is 24.9 Å². The van der Waals surface area contributed by atoms with Gasteiger partial charge < -0.3 is 10.4 Å². The van der Waals surface area contributed by atoms with Crippen LogP contribution in [0.5, 0.6) is 0 Å². The van der Waals surface area contributed by atoms with Gasteiger partial charge in [-0.25, -0.2) is 0 Å². The molecule has 1 heterocycles. The first kappa shape index (κ1) is 14.0. The number of carboxylic acid groups (broad SMARTS) is 1. The highest BCUT2D eigenvalue weighted by molar-refractivity contribution is 6.30. The molecule has 0 amide bonds. The zero-order valence-electron chi connectivity index (χ0n) is 10.3. The maximum Gasteiger partial charge on any atom is 0.320 e. The fourth-order valence-corrected chi connectivity index (χ4v) is 1.94. The lowest BCUT2D eigenvalue weighted by atomic mass is 10.1. The zero-order valence-corrected chi connectivity index (χ0v) is 11.1. The summed E-state index contributed by atoms with van der Waals surface area (Å²) in [5.74, 6) is -0.829. The molecule has 6 heteroatoms. The molecule has 17 heavy (non-hydrogen) atoms. The summed E-state index contributed by atoms with van der Waals surface area (Å²) in [7, 11) is 1.76. The van der Waals surface area contributed by atoms with Gasteiger partial charge in [0.15, 0.2) is 0 Å². The van der Waals surface area contributed by atoms with Crippen LogP contribution < -0.4 is 5.32 Å². The number of halogens is 1. The highest BCUT2D eigenvalue weighted by atomic mass is 35.5. The predicted molar refractivity (Wildman–Crippen MR) is 66.1 cm³/mol. The van der Waals surface area contributed by atoms with E-state index in [1.165, 1.54) is 0 Å². The monoisotopic (exact) mass is 259 g/mol. The summed E-state index contributed by atoms with van der Waals surface area (Å²) >= 11 is 6.07. The Kier molecular flexibility index (Phi) is 4.96. The molecule has 0 radical (unpaired) electrons. The lowest BCUT2D eigenvalue weighted by Crippen LogP contribution is -2.36. The van der Waals surface area contributed by atoms with Gasteiger partial charge >= 0.3 is 5.97 Å². The molecule has 96 valence electrons.